The van der Waals surface area contributed by atoms with Crippen molar-refractivity contribution in [3.05, 3.63) is 46.5 Å². The molecule has 0 unspecified atom stereocenters. The number of halogens is 1. The van der Waals surface area contributed by atoms with E-state index in [1.54, 1.807) is 24.0 Å². The second-order valence-electron chi connectivity index (χ2n) is 5.36. The Morgan fingerprint density at radius 2 is 1.91 bits per heavy atom. The number of primary amides is 1. The number of hydrogen-bond donors (Lipinski definition) is 2. The highest BCUT2D eigenvalue weighted by Crippen LogP contribution is 2.12. The predicted octanol–water partition coefficient (Wildman–Crippen LogP) is 2.69. The molecule has 6 heteroatoms. The van der Waals surface area contributed by atoms with Crippen LogP contribution >= 0.6 is 11.6 Å². The van der Waals surface area contributed by atoms with Crippen molar-refractivity contribution in [1.82, 2.24) is 10.2 Å². The Balaban J connectivity index is 2.87. The van der Waals surface area contributed by atoms with E-state index >= 15 is 0 Å². The standard InChI is InChI=1S/C16H22ClN3O2/c1-11(2)8-9-20(15(21)12(3)19-16(18)22)10-13-4-6-14(17)7-5-13/h4-8,12H,9-10H2,1-3H3,(H3,18,19,22)/t12-/m1/s1. The van der Waals surface area contributed by atoms with Crippen LogP contribution in [0.3, 0.4) is 0 Å². The van der Waals surface area contributed by atoms with Gasteiger partial charge in [-0.1, -0.05) is 35.4 Å². The van der Waals surface area contributed by atoms with Crippen LogP contribution in [0.25, 0.3) is 0 Å². The van der Waals surface area contributed by atoms with Gasteiger partial charge in [0.05, 0.1) is 0 Å². The van der Waals surface area contributed by atoms with Gasteiger partial charge in [0.2, 0.25) is 5.91 Å². The predicted molar refractivity (Wildman–Crippen MR) is 88.5 cm³/mol. The average Bonchev–Trinajstić information content (AvgIpc) is 2.43. The molecule has 0 heterocycles. The number of hydrogen-bond acceptors (Lipinski definition) is 2. The summed E-state index contributed by atoms with van der Waals surface area (Å²) >= 11 is 5.87. The molecule has 0 saturated carbocycles. The Hall–Kier alpha value is -2.01. The fourth-order valence-electron chi connectivity index (χ4n) is 1.88. The van der Waals surface area contributed by atoms with Gasteiger partial charge in [0.15, 0.2) is 0 Å². The summed E-state index contributed by atoms with van der Waals surface area (Å²) in [6, 6.07) is 5.93. The van der Waals surface area contributed by atoms with Crippen LogP contribution in [-0.2, 0) is 11.3 Å². The van der Waals surface area contributed by atoms with Crippen LogP contribution in [-0.4, -0.2) is 29.4 Å². The minimum absolute atomic E-state index is 0.189. The van der Waals surface area contributed by atoms with Gasteiger partial charge in [0.25, 0.3) is 0 Å². The lowest BCUT2D eigenvalue weighted by atomic mass is 10.2. The second-order valence-corrected chi connectivity index (χ2v) is 5.79. The summed E-state index contributed by atoms with van der Waals surface area (Å²) in [7, 11) is 0. The van der Waals surface area contributed by atoms with E-state index in [0.717, 1.165) is 11.1 Å². The van der Waals surface area contributed by atoms with Crippen LogP contribution in [0.4, 0.5) is 4.79 Å². The van der Waals surface area contributed by atoms with Crippen LogP contribution in [0, 0.1) is 0 Å². The molecule has 1 atom stereocenters. The van der Waals surface area contributed by atoms with Gasteiger partial charge >= 0.3 is 6.03 Å². The molecule has 0 aromatic heterocycles. The maximum atomic E-state index is 12.5. The van der Waals surface area contributed by atoms with Crippen molar-refractivity contribution in [2.24, 2.45) is 5.73 Å². The highest BCUT2D eigenvalue weighted by atomic mass is 35.5. The van der Waals surface area contributed by atoms with Gasteiger partial charge in [-0.05, 0) is 38.5 Å². The molecule has 5 nitrogen and oxygen atoms in total. The van der Waals surface area contributed by atoms with E-state index in [0.29, 0.717) is 18.1 Å². The maximum Gasteiger partial charge on any atom is 0.312 e. The fraction of sp³-hybridized carbons (Fsp3) is 0.375. The number of amides is 3. The van der Waals surface area contributed by atoms with Crippen LogP contribution < -0.4 is 11.1 Å². The minimum Gasteiger partial charge on any atom is -0.352 e. The molecule has 0 radical (unpaired) electrons. The molecule has 0 saturated heterocycles. The zero-order valence-corrected chi connectivity index (χ0v) is 13.9. The number of nitrogens with zero attached hydrogens (tertiary/aromatic N) is 1. The van der Waals surface area contributed by atoms with Crippen molar-refractivity contribution in [1.29, 1.82) is 0 Å². The minimum atomic E-state index is -0.713. The fourth-order valence-corrected chi connectivity index (χ4v) is 2.01. The SMILES string of the molecule is CC(C)=CCN(Cc1ccc(Cl)cc1)C(=O)[C@@H](C)NC(N)=O. The number of rotatable bonds is 6. The monoisotopic (exact) mass is 323 g/mol. The molecule has 0 bridgehead atoms. The van der Waals surface area contributed by atoms with Gasteiger partial charge < -0.3 is 16.0 Å². The Bertz CT molecular complexity index is 551. The lowest BCUT2D eigenvalue weighted by molar-refractivity contribution is -0.132. The molecule has 0 aliphatic carbocycles. The first kappa shape index (κ1) is 18.0. The number of benzene rings is 1. The third-order valence-corrected chi connectivity index (χ3v) is 3.30. The third-order valence-electron chi connectivity index (χ3n) is 3.05. The Kier molecular flexibility index (Phi) is 6.92. The Morgan fingerprint density at radius 1 is 1.32 bits per heavy atom. The molecule has 22 heavy (non-hydrogen) atoms. The van der Waals surface area contributed by atoms with Crippen molar-refractivity contribution in [2.45, 2.75) is 33.4 Å². The lowest BCUT2D eigenvalue weighted by Gasteiger charge is -2.25. The van der Waals surface area contributed by atoms with Gasteiger partial charge in [-0.25, -0.2) is 4.79 Å². The van der Waals surface area contributed by atoms with Gasteiger partial charge in [0.1, 0.15) is 6.04 Å². The molecule has 0 aliphatic heterocycles. The second kappa shape index (κ2) is 8.44. The van der Waals surface area contributed by atoms with Gasteiger partial charge in [-0.15, -0.1) is 0 Å². The molecule has 3 amide bonds. The highest BCUT2D eigenvalue weighted by Gasteiger charge is 2.20. The summed E-state index contributed by atoms with van der Waals surface area (Å²) in [5.41, 5.74) is 7.15. The largest absolute Gasteiger partial charge is 0.352 e. The summed E-state index contributed by atoms with van der Waals surface area (Å²) in [6.45, 7) is 6.45. The van der Waals surface area contributed by atoms with Gasteiger partial charge in [-0.3, -0.25) is 4.79 Å². The molecular formula is C16H22ClN3O2. The van der Waals surface area contributed by atoms with E-state index in [4.69, 9.17) is 17.3 Å². The van der Waals surface area contributed by atoms with E-state index < -0.39 is 12.1 Å². The highest BCUT2D eigenvalue weighted by molar-refractivity contribution is 6.30. The molecule has 1 rings (SSSR count). The molecule has 1 aromatic carbocycles. The average molecular weight is 324 g/mol. The van der Waals surface area contributed by atoms with Crippen molar-refractivity contribution < 1.29 is 9.59 Å². The summed E-state index contributed by atoms with van der Waals surface area (Å²) in [6.07, 6.45) is 1.96. The summed E-state index contributed by atoms with van der Waals surface area (Å²) in [4.78, 5) is 25.0. The molecule has 1 aromatic rings. The van der Waals surface area contributed by atoms with Crippen molar-refractivity contribution in [3.8, 4) is 0 Å². The number of nitrogens with one attached hydrogen (secondary N) is 1. The van der Waals surface area contributed by atoms with E-state index in [-0.39, 0.29) is 5.91 Å². The quantitative estimate of drug-likeness (QED) is 0.790. The molecular weight excluding hydrogens is 302 g/mol. The van der Waals surface area contributed by atoms with Gasteiger partial charge in [0, 0.05) is 18.1 Å². The number of carbonyl (C=O) groups excluding carboxylic acids is 2. The van der Waals surface area contributed by atoms with Crippen LogP contribution in [0.1, 0.15) is 26.3 Å². The Labute approximate surface area is 136 Å². The van der Waals surface area contributed by atoms with E-state index in [9.17, 15) is 9.59 Å². The third kappa shape index (κ3) is 6.18. The smallest absolute Gasteiger partial charge is 0.312 e. The molecule has 0 spiro atoms. The number of nitrogens with two attached hydrogens (primary N) is 1. The van der Waals surface area contributed by atoms with E-state index in [1.165, 1.54) is 0 Å². The first-order valence-electron chi connectivity index (χ1n) is 7.02. The van der Waals surface area contributed by atoms with Crippen molar-refractivity contribution in [3.63, 3.8) is 0 Å². The molecule has 120 valence electrons. The van der Waals surface area contributed by atoms with Crippen LogP contribution in [0.15, 0.2) is 35.9 Å². The van der Waals surface area contributed by atoms with Crippen LogP contribution in [0.5, 0.6) is 0 Å². The molecule has 3 N–H and O–H groups in total. The van der Waals surface area contributed by atoms with Crippen LogP contribution in [0.2, 0.25) is 5.02 Å². The molecule has 0 fully saturated rings. The zero-order valence-electron chi connectivity index (χ0n) is 13.1. The normalized spacial score (nSPS) is 11.5. The number of carbonyl (C=O) groups is 2. The van der Waals surface area contributed by atoms with E-state index in [1.807, 2.05) is 32.1 Å². The van der Waals surface area contributed by atoms with Gasteiger partial charge in [-0.2, -0.15) is 0 Å². The topological polar surface area (TPSA) is 75.4 Å². The number of allylic oxidation sites excluding steroid dienone is 1. The Morgan fingerprint density at radius 3 is 2.41 bits per heavy atom. The van der Waals surface area contributed by atoms with E-state index in [2.05, 4.69) is 5.32 Å². The van der Waals surface area contributed by atoms with Crippen molar-refractivity contribution >= 4 is 23.5 Å². The lowest BCUT2D eigenvalue weighted by Crippen LogP contribution is -2.48. The first-order chi connectivity index (χ1) is 10.3. The first-order valence-corrected chi connectivity index (χ1v) is 7.40. The maximum absolute atomic E-state index is 12.5. The summed E-state index contributed by atoms with van der Waals surface area (Å²) < 4.78 is 0. The zero-order chi connectivity index (χ0) is 16.7. The molecule has 0 aliphatic rings. The summed E-state index contributed by atoms with van der Waals surface area (Å²) in [5.74, 6) is -0.189. The summed E-state index contributed by atoms with van der Waals surface area (Å²) in [5, 5.41) is 3.06. The van der Waals surface area contributed by atoms with Crippen molar-refractivity contribution in [2.75, 3.05) is 6.54 Å². The number of urea groups is 1.